The van der Waals surface area contributed by atoms with Crippen molar-refractivity contribution in [2.24, 2.45) is 12.5 Å². The highest BCUT2D eigenvalue weighted by molar-refractivity contribution is 5.84. The lowest BCUT2D eigenvalue weighted by atomic mass is 9.86. The van der Waals surface area contributed by atoms with Crippen molar-refractivity contribution >= 4 is 5.91 Å². The summed E-state index contributed by atoms with van der Waals surface area (Å²) >= 11 is 0. The number of methoxy groups -OCH3 is 1. The number of carbonyl (C=O) groups excluding carboxylic acids is 1. The van der Waals surface area contributed by atoms with Crippen LogP contribution >= 0.6 is 0 Å². The normalized spacial score (nSPS) is 15.9. The van der Waals surface area contributed by atoms with Gasteiger partial charge >= 0.3 is 0 Å². The minimum absolute atomic E-state index is 0.0338. The molecule has 0 saturated carbocycles. The summed E-state index contributed by atoms with van der Waals surface area (Å²) in [5, 5.41) is 7.51. The maximum absolute atomic E-state index is 12.5. The Labute approximate surface area is 135 Å². The van der Waals surface area contributed by atoms with Crippen molar-refractivity contribution < 1.29 is 14.3 Å². The van der Waals surface area contributed by atoms with E-state index < -0.39 is 5.41 Å². The Kier molecular flexibility index (Phi) is 4.45. The van der Waals surface area contributed by atoms with E-state index >= 15 is 0 Å². The third kappa shape index (κ3) is 3.13. The molecule has 1 aromatic carbocycles. The second-order valence-electron chi connectivity index (χ2n) is 5.93. The van der Waals surface area contributed by atoms with E-state index in [-0.39, 0.29) is 5.91 Å². The number of aromatic nitrogens is 2. The predicted octanol–water partition coefficient (Wildman–Crippen LogP) is 1.37. The van der Waals surface area contributed by atoms with E-state index in [0.717, 1.165) is 16.8 Å². The molecule has 0 aliphatic carbocycles. The largest absolute Gasteiger partial charge is 0.383 e. The Hall–Kier alpha value is -2.18. The number of aryl methyl sites for hydroxylation is 1. The number of benzene rings is 1. The zero-order valence-electron chi connectivity index (χ0n) is 13.4. The van der Waals surface area contributed by atoms with E-state index in [4.69, 9.17) is 9.47 Å². The van der Waals surface area contributed by atoms with Crippen molar-refractivity contribution in [1.82, 2.24) is 15.1 Å². The topological polar surface area (TPSA) is 65.4 Å². The van der Waals surface area contributed by atoms with Gasteiger partial charge in [-0.1, -0.05) is 30.3 Å². The van der Waals surface area contributed by atoms with E-state index in [0.29, 0.717) is 26.4 Å². The van der Waals surface area contributed by atoms with Crippen LogP contribution in [0.2, 0.25) is 0 Å². The summed E-state index contributed by atoms with van der Waals surface area (Å²) in [6.45, 7) is 1.62. The molecule has 2 heterocycles. The smallest absolute Gasteiger partial charge is 0.233 e. The number of amides is 1. The lowest BCUT2D eigenvalue weighted by Crippen LogP contribution is -2.56. The molecule has 122 valence electrons. The highest BCUT2D eigenvalue weighted by atomic mass is 16.5. The van der Waals surface area contributed by atoms with Crippen molar-refractivity contribution in [2.75, 3.05) is 26.9 Å². The average Bonchev–Trinajstić information content (AvgIpc) is 2.90. The molecule has 0 atom stereocenters. The van der Waals surface area contributed by atoms with Gasteiger partial charge in [0.05, 0.1) is 25.5 Å². The molecule has 0 radical (unpaired) electrons. The number of hydrogen-bond donors (Lipinski definition) is 1. The van der Waals surface area contributed by atoms with Crippen LogP contribution < -0.4 is 5.32 Å². The fraction of sp³-hybridized carbons (Fsp3) is 0.412. The summed E-state index contributed by atoms with van der Waals surface area (Å²) in [6, 6.07) is 9.95. The Morgan fingerprint density at radius 3 is 2.74 bits per heavy atom. The van der Waals surface area contributed by atoms with Gasteiger partial charge in [-0.15, -0.1) is 0 Å². The van der Waals surface area contributed by atoms with Gasteiger partial charge in [-0.25, -0.2) is 0 Å². The second-order valence-corrected chi connectivity index (χ2v) is 5.93. The first-order valence-corrected chi connectivity index (χ1v) is 7.57. The molecule has 1 fully saturated rings. The van der Waals surface area contributed by atoms with Gasteiger partial charge in [0, 0.05) is 38.0 Å². The maximum atomic E-state index is 12.5. The van der Waals surface area contributed by atoms with Crippen molar-refractivity contribution in [3.8, 4) is 11.3 Å². The quantitative estimate of drug-likeness (QED) is 0.874. The Bertz CT molecular complexity index is 678. The van der Waals surface area contributed by atoms with Crippen LogP contribution in [0.1, 0.15) is 5.56 Å². The lowest BCUT2D eigenvalue weighted by molar-refractivity contribution is -0.172. The standard InChI is InChI=1S/C17H21N3O3/c1-20-9-14(15(19-20)13-6-4-3-5-7-13)8-18-16(21)17(10-22-2)11-23-12-17/h3-7,9H,8,10-12H2,1-2H3,(H,18,21). The lowest BCUT2D eigenvalue weighted by Gasteiger charge is -2.39. The third-order valence-electron chi connectivity index (χ3n) is 4.05. The van der Waals surface area contributed by atoms with Crippen LogP contribution in [-0.4, -0.2) is 42.6 Å². The average molecular weight is 315 g/mol. The summed E-state index contributed by atoms with van der Waals surface area (Å²) in [5.41, 5.74) is 2.36. The minimum atomic E-state index is -0.552. The molecule has 0 bridgehead atoms. The number of nitrogens with zero attached hydrogens (tertiary/aromatic N) is 2. The van der Waals surface area contributed by atoms with Crippen molar-refractivity contribution in [3.05, 3.63) is 42.1 Å². The number of hydrogen-bond acceptors (Lipinski definition) is 4. The van der Waals surface area contributed by atoms with Gasteiger partial charge in [-0.2, -0.15) is 5.10 Å². The Balaban J connectivity index is 1.73. The molecule has 1 saturated heterocycles. The van der Waals surface area contributed by atoms with Gasteiger partial charge in [0.1, 0.15) is 5.41 Å². The zero-order valence-corrected chi connectivity index (χ0v) is 13.4. The summed E-state index contributed by atoms with van der Waals surface area (Å²) < 4.78 is 12.1. The van der Waals surface area contributed by atoms with Crippen LogP contribution in [0.4, 0.5) is 0 Å². The van der Waals surface area contributed by atoms with Crippen molar-refractivity contribution in [1.29, 1.82) is 0 Å². The van der Waals surface area contributed by atoms with Crippen LogP contribution in [0, 0.1) is 5.41 Å². The Morgan fingerprint density at radius 2 is 2.13 bits per heavy atom. The van der Waals surface area contributed by atoms with Crippen LogP contribution in [0.5, 0.6) is 0 Å². The van der Waals surface area contributed by atoms with E-state index in [2.05, 4.69) is 10.4 Å². The monoisotopic (exact) mass is 315 g/mol. The zero-order chi connectivity index (χ0) is 16.3. The molecule has 3 rings (SSSR count). The molecule has 6 nitrogen and oxygen atoms in total. The predicted molar refractivity (Wildman–Crippen MR) is 85.6 cm³/mol. The number of nitrogens with one attached hydrogen (secondary N) is 1. The molecule has 1 aromatic heterocycles. The van der Waals surface area contributed by atoms with Crippen molar-refractivity contribution in [2.45, 2.75) is 6.54 Å². The maximum Gasteiger partial charge on any atom is 0.233 e. The molecule has 1 amide bonds. The van der Waals surface area contributed by atoms with Crippen molar-refractivity contribution in [3.63, 3.8) is 0 Å². The molecular weight excluding hydrogens is 294 g/mol. The summed E-state index contributed by atoms with van der Waals surface area (Å²) in [5.74, 6) is -0.0338. The van der Waals surface area contributed by atoms with E-state index in [1.54, 1.807) is 11.8 Å². The molecule has 6 heteroatoms. The molecular formula is C17H21N3O3. The van der Waals surface area contributed by atoms with Gasteiger partial charge in [0.25, 0.3) is 0 Å². The first-order valence-electron chi connectivity index (χ1n) is 7.57. The van der Waals surface area contributed by atoms with E-state index in [1.165, 1.54) is 0 Å². The third-order valence-corrected chi connectivity index (χ3v) is 4.05. The molecule has 23 heavy (non-hydrogen) atoms. The van der Waals surface area contributed by atoms with E-state index in [9.17, 15) is 4.79 Å². The molecule has 0 unspecified atom stereocenters. The van der Waals surface area contributed by atoms with Gasteiger partial charge in [-0.3, -0.25) is 9.48 Å². The molecule has 0 spiro atoms. The number of carbonyl (C=O) groups is 1. The molecule has 1 aliphatic rings. The number of ether oxygens (including phenoxy) is 2. The first kappa shape index (κ1) is 15.7. The van der Waals surface area contributed by atoms with Crippen LogP contribution in [0.15, 0.2) is 36.5 Å². The minimum Gasteiger partial charge on any atom is -0.383 e. The fourth-order valence-electron chi connectivity index (χ4n) is 2.77. The number of rotatable bonds is 6. The summed E-state index contributed by atoms with van der Waals surface area (Å²) in [7, 11) is 3.48. The molecule has 1 aliphatic heterocycles. The second kappa shape index (κ2) is 6.52. The first-order chi connectivity index (χ1) is 11.1. The Morgan fingerprint density at radius 1 is 1.39 bits per heavy atom. The van der Waals surface area contributed by atoms with Gasteiger partial charge in [0.2, 0.25) is 5.91 Å². The van der Waals surface area contributed by atoms with Gasteiger partial charge < -0.3 is 14.8 Å². The van der Waals surface area contributed by atoms with Gasteiger partial charge in [-0.05, 0) is 0 Å². The highest BCUT2D eigenvalue weighted by Crippen LogP contribution is 2.28. The highest BCUT2D eigenvalue weighted by Gasteiger charge is 2.46. The summed E-state index contributed by atoms with van der Waals surface area (Å²) in [4.78, 5) is 12.5. The molecule has 1 N–H and O–H groups in total. The van der Waals surface area contributed by atoms with Crippen LogP contribution in [-0.2, 0) is 27.9 Å². The molecule has 2 aromatic rings. The SMILES string of the molecule is COCC1(C(=O)NCc2cn(C)nc2-c2ccccc2)COC1. The van der Waals surface area contributed by atoms with Gasteiger partial charge in [0.15, 0.2) is 0 Å². The van der Waals surface area contributed by atoms with Crippen LogP contribution in [0.3, 0.4) is 0 Å². The fourth-order valence-corrected chi connectivity index (χ4v) is 2.77. The van der Waals surface area contributed by atoms with Crippen LogP contribution in [0.25, 0.3) is 11.3 Å². The van der Waals surface area contributed by atoms with E-state index in [1.807, 2.05) is 43.6 Å². The summed E-state index contributed by atoms with van der Waals surface area (Å²) in [6.07, 6.45) is 1.93.